The number of ether oxygens (including phenoxy) is 1. The topological polar surface area (TPSA) is 31.2 Å². The van der Waals surface area contributed by atoms with Crippen molar-refractivity contribution in [1.29, 1.82) is 0 Å². The summed E-state index contributed by atoms with van der Waals surface area (Å²) in [5.41, 5.74) is 1.14. The van der Waals surface area contributed by atoms with Crippen LogP contribution in [-0.2, 0) is 6.54 Å². The molecule has 1 heterocycles. The van der Waals surface area contributed by atoms with Gasteiger partial charge in [0.1, 0.15) is 5.75 Å². The average Bonchev–Trinajstić information content (AvgIpc) is 2.51. The molecule has 3 rings (SSSR count). The summed E-state index contributed by atoms with van der Waals surface area (Å²) in [5, 5.41) is 1.61. The van der Waals surface area contributed by atoms with Gasteiger partial charge in [-0.3, -0.25) is 4.79 Å². The molecule has 0 radical (unpaired) electrons. The van der Waals surface area contributed by atoms with Gasteiger partial charge in [-0.25, -0.2) is 0 Å². The minimum atomic E-state index is 0.0222. The van der Waals surface area contributed by atoms with Crippen molar-refractivity contribution in [2.24, 2.45) is 0 Å². The standard InChI is InChI=1S/C17H15NO2/c1-20-15-7-8-16-14(11-15)9-10-18(17(16)19)12-13-5-3-2-4-6-13/h2-11H,12H2,1H3. The molecular weight excluding hydrogens is 250 g/mol. The first-order valence-corrected chi connectivity index (χ1v) is 6.49. The molecule has 0 aliphatic carbocycles. The van der Waals surface area contributed by atoms with E-state index in [1.807, 2.05) is 60.8 Å². The molecule has 2 aromatic carbocycles. The van der Waals surface area contributed by atoms with Gasteiger partial charge in [0.05, 0.1) is 13.7 Å². The molecule has 0 unspecified atom stereocenters. The number of methoxy groups -OCH3 is 1. The normalized spacial score (nSPS) is 10.7. The molecule has 20 heavy (non-hydrogen) atoms. The summed E-state index contributed by atoms with van der Waals surface area (Å²) in [6, 6.07) is 17.4. The number of rotatable bonds is 3. The van der Waals surface area contributed by atoms with E-state index in [4.69, 9.17) is 4.74 Å². The predicted octanol–water partition coefficient (Wildman–Crippen LogP) is 3.06. The van der Waals surface area contributed by atoms with E-state index < -0.39 is 0 Å². The molecule has 0 fully saturated rings. The number of hydrogen-bond donors (Lipinski definition) is 0. The smallest absolute Gasteiger partial charge is 0.258 e. The molecule has 0 aliphatic heterocycles. The third-order valence-corrected chi connectivity index (χ3v) is 3.38. The molecule has 0 bridgehead atoms. The third-order valence-electron chi connectivity index (χ3n) is 3.38. The zero-order chi connectivity index (χ0) is 13.9. The lowest BCUT2D eigenvalue weighted by Crippen LogP contribution is -2.19. The highest BCUT2D eigenvalue weighted by Crippen LogP contribution is 2.18. The van der Waals surface area contributed by atoms with Crippen LogP contribution in [0.1, 0.15) is 5.56 Å². The Hall–Kier alpha value is -2.55. The number of benzene rings is 2. The van der Waals surface area contributed by atoms with Crippen LogP contribution in [0.15, 0.2) is 65.6 Å². The van der Waals surface area contributed by atoms with Crippen LogP contribution < -0.4 is 10.3 Å². The van der Waals surface area contributed by atoms with Gasteiger partial charge in [-0.2, -0.15) is 0 Å². The van der Waals surface area contributed by atoms with Gasteiger partial charge >= 0.3 is 0 Å². The second-order valence-electron chi connectivity index (χ2n) is 4.69. The Labute approximate surface area is 117 Å². The predicted molar refractivity (Wildman–Crippen MR) is 80.3 cm³/mol. The van der Waals surface area contributed by atoms with Crippen LogP contribution in [0.2, 0.25) is 0 Å². The molecule has 1 aromatic heterocycles. The highest BCUT2D eigenvalue weighted by Gasteiger charge is 2.04. The van der Waals surface area contributed by atoms with Gasteiger partial charge in [0.15, 0.2) is 0 Å². The molecule has 0 saturated carbocycles. The van der Waals surface area contributed by atoms with E-state index in [9.17, 15) is 4.79 Å². The molecule has 0 saturated heterocycles. The van der Waals surface area contributed by atoms with E-state index in [0.717, 1.165) is 16.7 Å². The van der Waals surface area contributed by atoms with Gasteiger partial charge in [0.2, 0.25) is 0 Å². The fraction of sp³-hybridized carbons (Fsp3) is 0.118. The highest BCUT2D eigenvalue weighted by molar-refractivity contribution is 5.82. The molecule has 0 aliphatic rings. The van der Waals surface area contributed by atoms with E-state index in [0.29, 0.717) is 11.9 Å². The third kappa shape index (κ3) is 2.30. The summed E-state index contributed by atoms with van der Waals surface area (Å²) in [5.74, 6) is 0.762. The summed E-state index contributed by atoms with van der Waals surface area (Å²) in [6.07, 6.45) is 1.83. The Kier molecular flexibility index (Phi) is 3.25. The lowest BCUT2D eigenvalue weighted by atomic mass is 10.1. The fourth-order valence-electron chi connectivity index (χ4n) is 2.30. The quantitative estimate of drug-likeness (QED) is 0.728. The van der Waals surface area contributed by atoms with Gasteiger partial charge in [-0.05, 0) is 35.2 Å². The molecule has 0 spiro atoms. The monoisotopic (exact) mass is 265 g/mol. The molecule has 100 valence electrons. The van der Waals surface area contributed by atoms with E-state index >= 15 is 0 Å². The maximum Gasteiger partial charge on any atom is 0.258 e. The van der Waals surface area contributed by atoms with Crippen molar-refractivity contribution in [3.63, 3.8) is 0 Å². The van der Waals surface area contributed by atoms with Crippen molar-refractivity contribution < 1.29 is 4.74 Å². The van der Waals surface area contributed by atoms with Crippen molar-refractivity contribution in [2.75, 3.05) is 7.11 Å². The second-order valence-corrected chi connectivity index (χ2v) is 4.69. The van der Waals surface area contributed by atoms with E-state index in [1.54, 1.807) is 11.7 Å². The zero-order valence-corrected chi connectivity index (χ0v) is 11.2. The maximum absolute atomic E-state index is 12.5. The Bertz CT molecular complexity index is 791. The molecule has 3 aromatic rings. The summed E-state index contributed by atoms with van der Waals surface area (Å²) < 4.78 is 6.91. The molecule has 0 amide bonds. The van der Waals surface area contributed by atoms with Crippen LogP contribution in [0.25, 0.3) is 10.8 Å². The number of fused-ring (bicyclic) bond motifs is 1. The minimum absolute atomic E-state index is 0.0222. The lowest BCUT2D eigenvalue weighted by molar-refractivity contribution is 0.415. The first-order chi connectivity index (χ1) is 9.78. The molecule has 0 N–H and O–H groups in total. The SMILES string of the molecule is COc1ccc2c(=O)n(Cc3ccccc3)ccc2c1. The van der Waals surface area contributed by atoms with Crippen LogP contribution >= 0.6 is 0 Å². The van der Waals surface area contributed by atoms with Crippen molar-refractivity contribution in [1.82, 2.24) is 4.57 Å². The van der Waals surface area contributed by atoms with E-state index in [2.05, 4.69) is 0 Å². The van der Waals surface area contributed by atoms with Gasteiger partial charge in [0, 0.05) is 11.6 Å². The molecular formula is C17H15NO2. The van der Waals surface area contributed by atoms with Crippen molar-refractivity contribution in [3.05, 3.63) is 76.7 Å². The van der Waals surface area contributed by atoms with Gasteiger partial charge < -0.3 is 9.30 Å². The van der Waals surface area contributed by atoms with E-state index in [1.165, 1.54) is 0 Å². The molecule has 3 nitrogen and oxygen atoms in total. The lowest BCUT2D eigenvalue weighted by Gasteiger charge is -2.08. The van der Waals surface area contributed by atoms with Crippen LogP contribution in [0.4, 0.5) is 0 Å². The van der Waals surface area contributed by atoms with Crippen LogP contribution in [-0.4, -0.2) is 11.7 Å². The average molecular weight is 265 g/mol. The number of nitrogens with zero attached hydrogens (tertiary/aromatic N) is 1. The Morgan fingerprint density at radius 2 is 1.85 bits per heavy atom. The summed E-state index contributed by atoms with van der Waals surface area (Å²) >= 11 is 0. The Balaban J connectivity index is 2.05. The van der Waals surface area contributed by atoms with Crippen molar-refractivity contribution >= 4 is 10.8 Å². The minimum Gasteiger partial charge on any atom is -0.497 e. The fourth-order valence-corrected chi connectivity index (χ4v) is 2.30. The largest absolute Gasteiger partial charge is 0.497 e. The van der Waals surface area contributed by atoms with E-state index in [-0.39, 0.29) is 5.56 Å². The highest BCUT2D eigenvalue weighted by atomic mass is 16.5. The van der Waals surface area contributed by atoms with Crippen LogP contribution in [0.3, 0.4) is 0 Å². The molecule has 0 atom stereocenters. The van der Waals surface area contributed by atoms with Crippen molar-refractivity contribution in [2.45, 2.75) is 6.54 Å². The summed E-state index contributed by atoms with van der Waals surface area (Å²) in [4.78, 5) is 12.5. The summed E-state index contributed by atoms with van der Waals surface area (Å²) in [7, 11) is 1.62. The van der Waals surface area contributed by atoms with Crippen LogP contribution in [0, 0.1) is 0 Å². The van der Waals surface area contributed by atoms with Gasteiger partial charge in [-0.1, -0.05) is 30.3 Å². The first-order valence-electron chi connectivity index (χ1n) is 6.49. The summed E-state index contributed by atoms with van der Waals surface area (Å²) in [6.45, 7) is 0.585. The van der Waals surface area contributed by atoms with Crippen molar-refractivity contribution in [3.8, 4) is 5.75 Å². The zero-order valence-electron chi connectivity index (χ0n) is 11.2. The Morgan fingerprint density at radius 3 is 2.60 bits per heavy atom. The molecule has 3 heteroatoms. The first kappa shape index (κ1) is 12.5. The number of aromatic nitrogens is 1. The maximum atomic E-state index is 12.5. The van der Waals surface area contributed by atoms with Gasteiger partial charge in [-0.15, -0.1) is 0 Å². The number of pyridine rings is 1. The number of hydrogen-bond acceptors (Lipinski definition) is 2. The second kappa shape index (κ2) is 5.21. The van der Waals surface area contributed by atoms with Crippen LogP contribution in [0.5, 0.6) is 5.75 Å². The Morgan fingerprint density at radius 1 is 1.05 bits per heavy atom. The van der Waals surface area contributed by atoms with Gasteiger partial charge in [0.25, 0.3) is 5.56 Å².